The third-order valence-electron chi connectivity index (χ3n) is 2.55. The van der Waals surface area contributed by atoms with E-state index < -0.39 is 10.0 Å². The summed E-state index contributed by atoms with van der Waals surface area (Å²) in [5.41, 5.74) is 1.32. The van der Waals surface area contributed by atoms with Crippen LogP contribution >= 0.6 is 11.8 Å². The molecule has 0 unspecified atom stereocenters. The predicted molar refractivity (Wildman–Crippen MR) is 83.3 cm³/mol. The molecule has 2 N–H and O–H groups in total. The molecule has 0 aliphatic carbocycles. The van der Waals surface area contributed by atoms with Gasteiger partial charge in [0, 0.05) is 24.3 Å². The molecule has 0 aliphatic rings. The van der Waals surface area contributed by atoms with Crippen molar-refractivity contribution in [3.8, 4) is 11.8 Å². The van der Waals surface area contributed by atoms with Gasteiger partial charge in [-0.15, -0.1) is 0 Å². The summed E-state index contributed by atoms with van der Waals surface area (Å²) in [4.78, 5) is 0.259. The first-order valence-corrected chi connectivity index (χ1v) is 9.08. The lowest BCUT2D eigenvalue weighted by molar-refractivity contribution is 0.305. The fraction of sp³-hybridized carbons (Fsp3) is 0.429. The molecule has 1 aromatic carbocycles. The van der Waals surface area contributed by atoms with Gasteiger partial charge in [-0.3, -0.25) is 0 Å². The highest BCUT2D eigenvalue weighted by atomic mass is 32.2. The van der Waals surface area contributed by atoms with Crippen molar-refractivity contribution in [1.82, 2.24) is 4.72 Å². The van der Waals surface area contributed by atoms with Gasteiger partial charge in [0.25, 0.3) is 0 Å². The van der Waals surface area contributed by atoms with Crippen LogP contribution in [0.15, 0.2) is 23.1 Å². The number of rotatable bonds is 6. The van der Waals surface area contributed by atoms with Crippen LogP contribution in [0, 0.1) is 18.8 Å². The number of aryl methyl sites for hydroxylation is 1. The molecule has 0 radical (unpaired) electrons. The van der Waals surface area contributed by atoms with E-state index in [-0.39, 0.29) is 11.5 Å². The molecule has 0 amide bonds. The molecule has 20 heavy (non-hydrogen) atoms. The molecule has 0 bridgehead atoms. The molecule has 0 saturated heterocycles. The average molecular weight is 313 g/mol. The summed E-state index contributed by atoms with van der Waals surface area (Å²) >= 11 is 1.59. The van der Waals surface area contributed by atoms with Crippen molar-refractivity contribution in [2.24, 2.45) is 0 Å². The molecule has 0 spiro atoms. The van der Waals surface area contributed by atoms with Crippen LogP contribution in [-0.2, 0) is 10.0 Å². The van der Waals surface area contributed by atoms with Gasteiger partial charge in [-0.2, -0.15) is 11.8 Å². The lowest BCUT2D eigenvalue weighted by atomic mass is 10.1. The zero-order chi connectivity index (χ0) is 15.0. The lowest BCUT2D eigenvalue weighted by Crippen LogP contribution is -2.26. The first-order chi connectivity index (χ1) is 9.51. The van der Waals surface area contributed by atoms with Gasteiger partial charge >= 0.3 is 0 Å². The smallest absolute Gasteiger partial charge is 0.240 e. The van der Waals surface area contributed by atoms with Crippen molar-refractivity contribution < 1.29 is 13.5 Å². The van der Waals surface area contributed by atoms with Gasteiger partial charge in [0.1, 0.15) is 0 Å². The van der Waals surface area contributed by atoms with E-state index in [0.29, 0.717) is 24.1 Å². The third kappa shape index (κ3) is 5.17. The zero-order valence-corrected chi connectivity index (χ0v) is 13.3. The number of aliphatic hydroxyl groups is 1. The molecular formula is C14H19NO3S2. The Morgan fingerprint density at radius 2 is 2.15 bits per heavy atom. The van der Waals surface area contributed by atoms with Crippen molar-refractivity contribution in [3.05, 3.63) is 29.3 Å². The number of aliphatic hydroxyl groups excluding tert-OH is 1. The topological polar surface area (TPSA) is 66.4 Å². The first kappa shape index (κ1) is 17.1. The molecule has 6 heteroatoms. The van der Waals surface area contributed by atoms with Crippen LogP contribution in [0.2, 0.25) is 0 Å². The number of thioether (sulfide) groups is 1. The highest BCUT2D eigenvalue weighted by molar-refractivity contribution is 7.98. The first-order valence-electron chi connectivity index (χ1n) is 6.20. The molecule has 1 aromatic rings. The number of nitrogens with one attached hydrogen (secondary N) is 1. The summed E-state index contributed by atoms with van der Waals surface area (Å²) in [7, 11) is -3.50. The Morgan fingerprint density at radius 1 is 1.40 bits per heavy atom. The second kappa shape index (κ2) is 8.32. The van der Waals surface area contributed by atoms with E-state index in [1.165, 1.54) is 0 Å². The number of benzene rings is 1. The van der Waals surface area contributed by atoms with Crippen LogP contribution in [0.25, 0.3) is 0 Å². The monoisotopic (exact) mass is 313 g/mol. The van der Waals surface area contributed by atoms with Crippen LogP contribution < -0.4 is 4.72 Å². The summed E-state index contributed by atoms with van der Waals surface area (Å²) in [6, 6.07) is 5.09. The summed E-state index contributed by atoms with van der Waals surface area (Å²) in [6.07, 6.45) is 2.30. The number of sulfonamides is 1. The Labute approximate surface area is 125 Å². The van der Waals surface area contributed by atoms with E-state index in [0.717, 1.165) is 5.75 Å². The van der Waals surface area contributed by atoms with E-state index in [1.54, 1.807) is 36.9 Å². The summed E-state index contributed by atoms with van der Waals surface area (Å²) in [6.45, 7) is 2.16. The highest BCUT2D eigenvalue weighted by Crippen LogP contribution is 2.16. The van der Waals surface area contributed by atoms with Crippen LogP contribution in [0.4, 0.5) is 0 Å². The largest absolute Gasteiger partial charge is 0.395 e. The Bertz CT molecular complexity index is 601. The van der Waals surface area contributed by atoms with E-state index in [9.17, 15) is 8.42 Å². The Balaban J connectivity index is 2.99. The Hall–Kier alpha value is -1.00. The summed E-state index contributed by atoms with van der Waals surface area (Å²) in [5, 5.41) is 8.68. The predicted octanol–water partition coefficient (Wildman–Crippen LogP) is 1.37. The fourth-order valence-electron chi connectivity index (χ4n) is 1.54. The maximum Gasteiger partial charge on any atom is 0.240 e. The second-order valence-corrected chi connectivity index (χ2v) is 6.87. The van der Waals surface area contributed by atoms with Gasteiger partial charge in [-0.25, -0.2) is 13.1 Å². The van der Waals surface area contributed by atoms with Gasteiger partial charge in [-0.1, -0.05) is 17.9 Å². The van der Waals surface area contributed by atoms with E-state index in [1.807, 2.05) is 6.26 Å². The number of hydrogen-bond donors (Lipinski definition) is 2. The molecule has 0 atom stereocenters. The fourth-order valence-corrected chi connectivity index (χ4v) is 3.28. The van der Waals surface area contributed by atoms with E-state index in [4.69, 9.17) is 5.11 Å². The quantitative estimate of drug-likeness (QED) is 0.615. The van der Waals surface area contributed by atoms with Crippen molar-refractivity contribution in [1.29, 1.82) is 0 Å². The SMILES string of the molecule is CSCCNS(=O)(=O)c1cc(C#CCCO)ccc1C. The molecule has 4 nitrogen and oxygen atoms in total. The minimum absolute atomic E-state index is 0.000255. The molecule has 0 heterocycles. The molecule has 110 valence electrons. The van der Waals surface area contributed by atoms with Gasteiger partial charge in [0.15, 0.2) is 0 Å². The van der Waals surface area contributed by atoms with Crippen molar-refractivity contribution in [2.75, 3.05) is 25.2 Å². The minimum atomic E-state index is -3.50. The van der Waals surface area contributed by atoms with Crippen LogP contribution in [0.1, 0.15) is 17.5 Å². The maximum atomic E-state index is 12.2. The molecule has 0 aromatic heterocycles. The van der Waals surface area contributed by atoms with E-state index in [2.05, 4.69) is 16.6 Å². The normalized spacial score (nSPS) is 10.9. The van der Waals surface area contributed by atoms with Crippen molar-refractivity contribution in [3.63, 3.8) is 0 Å². The van der Waals surface area contributed by atoms with Crippen LogP contribution in [0.5, 0.6) is 0 Å². The van der Waals surface area contributed by atoms with Gasteiger partial charge < -0.3 is 5.11 Å². The van der Waals surface area contributed by atoms with Crippen LogP contribution in [0.3, 0.4) is 0 Å². The molecule has 0 saturated carbocycles. The second-order valence-electron chi connectivity index (χ2n) is 4.15. The number of hydrogen-bond acceptors (Lipinski definition) is 4. The standard InChI is InChI=1S/C14H19NO3S2/c1-12-6-7-13(5-3-4-9-16)11-14(12)20(17,18)15-8-10-19-2/h6-7,11,15-16H,4,8-10H2,1-2H3. The lowest BCUT2D eigenvalue weighted by Gasteiger charge is -2.09. The van der Waals surface area contributed by atoms with Crippen molar-refractivity contribution >= 4 is 21.8 Å². The molecule has 1 rings (SSSR count). The Kier molecular flexibility index (Phi) is 7.10. The van der Waals surface area contributed by atoms with Gasteiger partial charge in [-0.05, 0) is 30.9 Å². The van der Waals surface area contributed by atoms with Crippen LogP contribution in [-0.4, -0.2) is 38.7 Å². The summed E-state index contributed by atoms with van der Waals surface area (Å²) in [5.74, 6) is 6.36. The van der Waals surface area contributed by atoms with E-state index >= 15 is 0 Å². The third-order valence-corrected chi connectivity index (χ3v) is 4.76. The maximum absolute atomic E-state index is 12.2. The van der Waals surface area contributed by atoms with Gasteiger partial charge in [0.2, 0.25) is 10.0 Å². The molecule has 0 aliphatic heterocycles. The highest BCUT2D eigenvalue weighted by Gasteiger charge is 2.16. The average Bonchev–Trinajstić information content (AvgIpc) is 2.41. The summed E-state index contributed by atoms with van der Waals surface area (Å²) < 4.78 is 27.0. The molecule has 0 fully saturated rings. The van der Waals surface area contributed by atoms with Crippen molar-refractivity contribution in [2.45, 2.75) is 18.2 Å². The Morgan fingerprint density at radius 3 is 2.80 bits per heavy atom. The van der Waals surface area contributed by atoms with Gasteiger partial charge in [0.05, 0.1) is 11.5 Å². The minimum Gasteiger partial charge on any atom is -0.395 e. The zero-order valence-electron chi connectivity index (χ0n) is 11.6. The molecular weight excluding hydrogens is 294 g/mol.